The second kappa shape index (κ2) is 5.75. The van der Waals surface area contributed by atoms with Crippen LogP contribution >= 0.6 is 0 Å². The van der Waals surface area contributed by atoms with Crippen LogP contribution in [0.25, 0.3) is 0 Å². The van der Waals surface area contributed by atoms with Gasteiger partial charge >= 0.3 is 0 Å². The zero-order valence-corrected chi connectivity index (χ0v) is 9.87. The molecule has 0 heterocycles. The van der Waals surface area contributed by atoms with Gasteiger partial charge in [0, 0.05) is 5.56 Å². The van der Waals surface area contributed by atoms with Gasteiger partial charge < -0.3 is 9.84 Å². The number of rotatable bonds is 4. The average molecular weight is 268 g/mol. The van der Waals surface area contributed by atoms with Gasteiger partial charge in [-0.25, -0.2) is 13.2 Å². The molecule has 1 N–H and O–H groups in total. The summed E-state index contributed by atoms with van der Waals surface area (Å²) >= 11 is 0. The van der Waals surface area contributed by atoms with Crippen LogP contribution < -0.4 is 4.74 Å². The van der Waals surface area contributed by atoms with E-state index in [9.17, 15) is 13.2 Å². The predicted octanol–water partition coefficient (Wildman–Crippen LogP) is 3.18. The SMILES string of the molecule is OCc1cc(F)ccc1OCc1c(F)cccc1F. The van der Waals surface area contributed by atoms with E-state index in [1.165, 1.54) is 12.1 Å². The molecule has 0 bridgehead atoms. The van der Waals surface area contributed by atoms with Crippen molar-refractivity contribution >= 4 is 0 Å². The highest BCUT2D eigenvalue weighted by molar-refractivity contribution is 5.33. The topological polar surface area (TPSA) is 29.5 Å². The van der Waals surface area contributed by atoms with E-state index in [-0.39, 0.29) is 23.5 Å². The molecule has 0 saturated heterocycles. The standard InChI is InChI=1S/C14H11F3O2/c15-10-4-5-14(9(6-10)7-18)19-8-11-12(16)2-1-3-13(11)17/h1-6,18H,7-8H2. The first-order valence-electron chi connectivity index (χ1n) is 5.57. The van der Waals surface area contributed by atoms with Crippen LogP contribution in [0.2, 0.25) is 0 Å². The van der Waals surface area contributed by atoms with E-state index < -0.39 is 24.1 Å². The van der Waals surface area contributed by atoms with Crippen LogP contribution in [0.4, 0.5) is 13.2 Å². The molecule has 2 aromatic rings. The fraction of sp³-hybridized carbons (Fsp3) is 0.143. The summed E-state index contributed by atoms with van der Waals surface area (Å²) in [5.41, 5.74) is 0.00691. The van der Waals surface area contributed by atoms with Gasteiger partial charge in [-0.1, -0.05) is 6.07 Å². The minimum Gasteiger partial charge on any atom is -0.488 e. The molecule has 2 aromatic carbocycles. The summed E-state index contributed by atoms with van der Waals surface area (Å²) in [4.78, 5) is 0. The summed E-state index contributed by atoms with van der Waals surface area (Å²) in [5, 5.41) is 9.05. The quantitative estimate of drug-likeness (QED) is 0.922. The third-order valence-electron chi connectivity index (χ3n) is 2.63. The van der Waals surface area contributed by atoms with E-state index >= 15 is 0 Å². The molecule has 0 atom stereocenters. The first kappa shape index (κ1) is 13.4. The van der Waals surface area contributed by atoms with E-state index in [1.54, 1.807) is 0 Å². The maximum atomic E-state index is 13.4. The number of ether oxygens (including phenoxy) is 1. The molecule has 19 heavy (non-hydrogen) atoms. The molecular formula is C14H11F3O2. The van der Waals surface area contributed by atoms with Crippen molar-refractivity contribution in [1.82, 2.24) is 0 Å². The Bertz CT molecular complexity index is 565. The third-order valence-corrected chi connectivity index (χ3v) is 2.63. The zero-order chi connectivity index (χ0) is 13.8. The Labute approximate surface area is 108 Å². The first-order valence-corrected chi connectivity index (χ1v) is 5.57. The summed E-state index contributed by atoms with van der Waals surface area (Å²) in [6, 6.07) is 7.06. The Morgan fingerprint density at radius 2 is 1.68 bits per heavy atom. The largest absolute Gasteiger partial charge is 0.488 e. The third kappa shape index (κ3) is 3.06. The molecule has 0 saturated carbocycles. The lowest BCUT2D eigenvalue weighted by molar-refractivity contribution is 0.254. The molecule has 0 unspecified atom stereocenters. The van der Waals surface area contributed by atoms with Gasteiger partial charge in [0.15, 0.2) is 0 Å². The van der Waals surface area contributed by atoms with Crippen LogP contribution in [0, 0.1) is 17.5 Å². The number of aliphatic hydroxyl groups excluding tert-OH is 1. The van der Waals surface area contributed by atoms with Crippen molar-refractivity contribution in [3.63, 3.8) is 0 Å². The molecule has 0 aromatic heterocycles. The first-order chi connectivity index (χ1) is 9.11. The maximum Gasteiger partial charge on any atom is 0.132 e. The Morgan fingerprint density at radius 3 is 2.32 bits per heavy atom. The molecule has 100 valence electrons. The van der Waals surface area contributed by atoms with Crippen LogP contribution in [0.1, 0.15) is 11.1 Å². The van der Waals surface area contributed by atoms with Crippen LogP contribution in [0.15, 0.2) is 36.4 Å². The fourth-order valence-electron chi connectivity index (χ4n) is 1.63. The molecule has 0 fully saturated rings. The average Bonchev–Trinajstić information content (AvgIpc) is 2.39. The van der Waals surface area contributed by atoms with Crippen molar-refractivity contribution < 1.29 is 23.0 Å². The van der Waals surface area contributed by atoms with Crippen LogP contribution in [0.3, 0.4) is 0 Å². The lowest BCUT2D eigenvalue weighted by Gasteiger charge is -2.11. The number of hydrogen-bond donors (Lipinski definition) is 1. The van der Waals surface area contributed by atoms with Crippen LogP contribution in [-0.4, -0.2) is 5.11 Å². The van der Waals surface area contributed by atoms with Gasteiger partial charge in [0.05, 0.1) is 12.2 Å². The second-order valence-corrected chi connectivity index (χ2v) is 3.90. The fourth-order valence-corrected chi connectivity index (χ4v) is 1.63. The second-order valence-electron chi connectivity index (χ2n) is 3.90. The van der Waals surface area contributed by atoms with E-state index in [1.807, 2.05) is 0 Å². The lowest BCUT2D eigenvalue weighted by atomic mass is 10.2. The van der Waals surface area contributed by atoms with Crippen molar-refractivity contribution in [2.45, 2.75) is 13.2 Å². The minimum absolute atomic E-state index is 0.187. The van der Waals surface area contributed by atoms with Gasteiger partial charge in [-0.15, -0.1) is 0 Å². The molecule has 0 aliphatic rings. The molecule has 0 radical (unpaired) electrons. The van der Waals surface area contributed by atoms with Gasteiger partial charge in [-0.3, -0.25) is 0 Å². The van der Waals surface area contributed by atoms with Crippen molar-refractivity contribution in [3.8, 4) is 5.75 Å². The summed E-state index contributed by atoms with van der Waals surface area (Å²) < 4.78 is 44.9. The summed E-state index contributed by atoms with van der Waals surface area (Å²) in [7, 11) is 0. The highest BCUT2D eigenvalue weighted by Crippen LogP contribution is 2.22. The van der Waals surface area contributed by atoms with Crippen LogP contribution in [0.5, 0.6) is 5.75 Å². The van der Waals surface area contributed by atoms with Gasteiger partial charge in [0.1, 0.15) is 29.8 Å². The Balaban J connectivity index is 2.19. The smallest absolute Gasteiger partial charge is 0.132 e. The Kier molecular flexibility index (Phi) is 4.06. The van der Waals surface area contributed by atoms with Crippen molar-refractivity contribution in [1.29, 1.82) is 0 Å². The molecule has 0 amide bonds. The molecule has 0 spiro atoms. The predicted molar refractivity (Wildman–Crippen MR) is 63.0 cm³/mol. The minimum atomic E-state index is -0.715. The van der Waals surface area contributed by atoms with Crippen LogP contribution in [-0.2, 0) is 13.2 Å². The van der Waals surface area contributed by atoms with E-state index in [2.05, 4.69) is 0 Å². The number of halogens is 3. The van der Waals surface area contributed by atoms with Gasteiger partial charge in [-0.2, -0.15) is 0 Å². The van der Waals surface area contributed by atoms with Gasteiger partial charge in [0.2, 0.25) is 0 Å². The molecular weight excluding hydrogens is 257 g/mol. The molecule has 0 aliphatic carbocycles. The van der Waals surface area contributed by atoms with E-state index in [0.717, 1.165) is 24.3 Å². The summed E-state index contributed by atoms with van der Waals surface area (Å²) in [5.74, 6) is -1.76. The molecule has 2 rings (SSSR count). The van der Waals surface area contributed by atoms with Crippen molar-refractivity contribution in [2.24, 2.45) is 0 Å². The highest BCUT2D eigenvalue weighted by Gasteiger charge is 2.11. The number of hydrogen-bond acceptors (Lipinski definition) is 2. The Hall–Kier alpha value is -2.01. The summed E-state index contributed by atoms with van der Waals surface area (Å²) in [6.07, 6.45) is 0. The normalized spacial score (nSPS) is 10.5. The highest BCUT2D eigenvalue weighted by atomic mass is 19.1. The van der Waals surface area contributed by atoms with Crippen molar-refractivity contribution in [3.05, 3.63) is 65.0 Å². The number of benzene rings is 2. The number of aliphatic hydroxyl groups is 1. The molecule has 2 nitrogen and oxygen atoms in total. The lowest BCUT2D eigenvalue weighted by Crippen LogP contribution is -2.03. The van der Waals surface area contributed by atoms with E-state index in [4.69, 9.17) is 9.84 Å². The zero-order valence-electron chi connectivity index (χ0n) is 9.87. The van der Waals surface area contributed by atoms with Crippen molar-refractivity contribution in [2.75, 3.05) is 0 Å². The Morgan fingerprint density at radius 1 is 1.00 bits per heavy atom. The molecule has 5 heteroatoms. The molecule has 0 aliphatic heterocycles. The monoisotopic (exact) mass is 268 g/mol. The van der Waals surface area contributed by atoms with Gasteiger partial charge in [0.25, 0.3) is 0 Å². The maximum absolute atomic E-state index is 13.4. The van der Waals surface area contributed by atoms with Gasteiger partial charge in [-0.05, 0) is 30.3 Å². The van der Waals surface area contributed by atoms with E-state index in [0.29, 0.717) is 0 Å². The summed E-state index contributed by atoms with van der Waals surface area (Å²) in [6.45, 7) is -0.760.